The van der Waals surface area contributed by atoms with E-state index in [0.29, 0.717) is 18.4 Å². The van der Waals surface area contributed by atoms with E-state index >= 15 is 0 Å². The Kier molecular flexibility index (Phi) is 6.90. The monoisotopic (exact) mass is 416 g/mol. The molecule has 1 aliphatic heterocycles. The number of morpholine rings is 1. The summed E-state index contributed by atoms with van der Waals surface area (Å²) in [4.78, 5) is 25.6. The summed E-state index contributed by atoms with van der Waals surface area (Å²) in [6.07, 6.45) is -0.745. The molecule has 0 bridgehead atoms. The predicted molar refractivity (Wildman–Crippen MR) is 109 cm³/mol. The normalized spacial score (nSPS) is 18.9. The number of thiocarbonyl (C=S) groups is 1. The number of hydrogen-bond acceptors (Lipinski definition) is 4. The number of carbonyl (C=O) groups excluding carboxylic acids is 1. The molecule has 2 unspecified atom stereocenters. The van der Waals surface area contributed by atoms with Crippen LogP contribution in [0.3, 0.4) is 0 Å². The molecule has 29 heavy (non-hydrogen) atoms. The highest BCUT2D eigenvalue weighted by Gasteiger charge is 2.35. The summed E-state index contributed by atoms with van der Waals surface area (Å²) in [6.45, 7) is 0.0488. The number of rotatable bonds is 5. The van der Waals surface area contributed by atoms with Crippen LogP contribution in [0.25, 0.3) is 0 Å². The second-order valence-corrected chi connectivity index (χ2v) is 7.17. The molecule has 0 aliphatic carbocycles. The Labute approximate surface area is 173 Å². The summed E-state index contributed by atoms with van der Waals surface area (Å²) >= 11 is 5.17. The van der Waals surface area contributed by atoms with E-state index in [1.165, 1.54) is 29.2 Å². The van der Waals surface area contributed by atoms with Crippen LogP contribution in [-0.4, -0.2) is 52.3 Å². The molecule has 3 rings (SSSR count). The second kappa shape index (κ2) is 9.58. The topological polar surface area (TPSA) is 78.9 Å². The molecule has 0 saturated carbocycles. The number of halogens is 1. The molecule has 1 fully saturated rings. The summed E-state index contributed by atoms with van der Waals surface area (Å²) < 4.78 is 18.7. The maximum atomic E-state index is 13.0. The summed E-state index contributed by atoms with van der Waals surface area (Å²) in [7, 11) is 0. The Balaban J connectivity index is 1.58. The van der Waals surface area contributed by atoms with Crippen molar-refractivity contribution in [1.82, 2.24) is 10.2 Å². The molecule has 2 N–H and O–H groups in total. The number of aryl methyl sites for hydroxylation is 1. The largest absolute Gasteiger partial charge is 0.465 e. The van der Waals surface area contributed by atoms with Crippen molar-refractivity contribution in [3.05, 3.63) is 71.5 Å². The number of carbonyl (C=O) groups is 2. The van der Waals surface area contributed by atoms with Gasteiger partial charge in [-0.25, -0.2) is 9.18 Å². The van der Waals surface area contributed by atoms with E-state index in [-0.39, 0.29) is 24.2 Å². The molecular formula is C21H21FN2O4S. The molecule has 1 aliphatic rings. The lowest BCUT2D eigenvalue weighted by molar-refractivity contribution is -0.139. The van der Waals surface area contributed by atoms with Crippen LogP contribution in [0.5, 0.6) is 0 Å². The van der Waals surface area contributed by atoms with Gasteiger partial charge < -0.3 is 15.2 Å². The molecule has 2 aromatic carbocycles. The van der Waals surface area contributed by atoms with Crippen molar-refractivity contribution < 1.29 is 23.8 Å². The van der Waals surface area contributed by atoms with Crippen LogP contribution in [-0.2, 0) is 16.0 Å². The van der Waals surface area contributed by atoms with E-state index < -0.39 is 23.9 Å². The number of amides is 2. The molecule has 2 amide bonds. The van der Waals surface area contributed by atoms with Gasteiger partial charge in [-0.1, -0.05) is 42.5 Å². The molecule has 2 aromatic rings. The summed E-state index contributed by atoms with van der Waals surface area (Å²) in [5, 5.41) is 12.1. The highest BCUT2D eigenvalue weighted by Crippen LogP contribution is 2.18. The fraction of sp³-hybridized carbons (Fsp3) is 0.286. The van der Waals surface area contributed by atoms with Gasteiger partial charge in [-0.3, -0.25) is 9.69 Å². The summed E-state index contributed by atoms with van der Waals surface area (Å²) in [6, 6.07) is 14.9. The average Bonchev–Trinajstić information content (AvgIpc) is 2.73. The molecule has 152 valence electrons. The van der Waals surface area contributed by atoms with Crippen LogP contribution >= 0.6 is 12.2 Å². The molecule has 1 heterocycles. The minimum atomic E-state index is -1.09. The minimum Gasteiger partial charge on any atom is -0.465 e. The zero-order valence-corrected chi connectivity index (χ0v) is 16.4. The highest BCUT2D eigenvalue weighted by molar-refractivity contribution is 7.80. The van der Waals surface area contributed by atoms with Crippen molar-refractivity contribution >= 4 is 29.2 Å². The first kappa shape index (κ1) is 20.9. The maximum Gasteiger partial charge on any atom is 0.407 e. The highest BCUT2D eigenvalue weighted by atomic mass is 32.1. The fourth-order valence-corrected chi connectivity index (χ4v) is 3.41. The number of carboxylic acid groups (broad SMARTS) is 1. The third-order valence-corrected chi connectivity index (χ3v) is 5.12. The molecule has 2 atom stereocenters. The van der Waals surface area contributed by atoms with E-state index in [9.17, 15) is 19.1 Å². The van der Waals surface area contributed by atoms with Crippen LogP contribution in [0.1, 0.15) is 17.5 Å². The van der Waals surface area contributed by atoms with E-state index in [1.54, 1.807) is 0 Å². The Morgan fingerprint density at radius 2 is 1.86 bits per heavy atom. The standard InChI is InChI=1S/C21H21FN2O4S/c22-16-9-7-15(8-10-16)20(29)23-19(25)18-12-24(21(26)27)17(13-28-18)11-6-14-4-2-1-3-5-14/h1-5,7-10,17-18H,6,11-13H2,(H,26,27)(H,23,25,29). The van der Waals surface area contributed by atoms with Crippen LogP contribution in [0.2, 0.25) is 0 Å². The van der Waals surface area contributed by atoms with Gasteiger partial charge in [-0.05, 0) is 42.7 Å². The minimum absolute atomic E-state index is 0.0767. The fourth-order valence-electron chi connectivity index (χ4n) is 3.17. The van der Waals surface area contributed by atoms with E-state index in [1.807, 2.05) is 30.3 Å². The quantitative estimate of drug-likeness (QED) is 0.733. The zero-order chi connectivity index (χ0) is 20.8. The van der Waals surface area contributed by atoms with Crippen LogP contribution in [0.15, 0.2) is 54.6 Å². The Morgan fingerprint density at radius 1 is 1.17 bits per heavy atom. The third-order valence-electron chi connectivity index (χ3n) is 4.78. The van der Waals surface area contributed by atoms with Crippen LogP contribution in [0, 0.1) is 5.82 Å². The summed E-state index contributed by atoms with van der Waals surface area (Å²) in [5.74, 6) is -0.927. The maximum absolute atomic E-state index is 13.0. The number of nitrogens with one attached hydrogen (secondary N) is 1. The Bertz CT molecular complexity index is 876. The van der Waals surface area contributed by atoms with E-state index in [2.05, 4.69) is 5.32 Å². The first-order valence-electron chi connectivity index (χ1n) is 9.20. The van der Waals surface area contributed by atoms with Gasteiger partial charge in [-0.2, -0.15) is 0 Å². The van der Waals surface area contributed by atoms with Crippen molar-refractivity contribution in [3.63, 3.8) is 0 Å². The first-order valence-corrected chi connectivity index (χ1v) is 9.60. The zero-order valence-electron chi connectivity index (χ0n) is 15.6. The number of ether oxygens (including phenoxy) is 1. The van der Waals surface area contributed by atoms with Gasteiger partial charge in [0.1, 0.15) is 10.8 Å². The van der Waals surface area contributed by atoms with E-state index in [0.717, 1.165) is 5.56 Å². The SMILES string of the molecule is O=C(NC(=S)c1ccc(F)cc1)C1CN(C(=O)O)C(CCc2ccccc2)CO1. The van der Waals surface area contributed by atoms with Gasteiger partial charge in [-0.15, -0.1) is 0 Å². The molecular weight excluding hydrogens is 395 g/mol. The van der Waals surface area contributed by atoms with Gasteiger partial charge >= 0.3 is 6.09 Å². The van der Waals surface area contributed by atoms with Crippen molar-refractivity contribution in [1.29, 1.82) is 0 Å². The van der Waals surface area contributed by atoms with Gasteiger partial charge in [0.25, 0.3) is 5.91 Å². The van der Waals surface area contributed by atoms with Crippen LogP contribution in [0.4, 0.5) is 9.18 Å². The van der Waals surface area contributed by atoms with Gasteiger partial charge in [0.05, 0.1) is 19.2 Å². The van der Waals surface area contributed by atoms with Crippen molar-refractivity contribution in [2.24, 2.45) is 0 Å². The average molecular weight is 416 g/mol. The van der Waals surface area contributed by atoms with Crippen LogP contribution < -0.4 is 5.32 Å². The lowest BCUT2D eigenvalue weighted by Crippen LogP contribution is -2.56. The number of hydrogen-bond donors (Lipinski definition) is 2. The predicted octanol–water partition coefficient (Wildman–Crippen LogP) is 3.00. The molecule has 8 heteroatoms. The molecule has 0 spiro atoms. The van der Waals surface area contributed by atoms with Crippen molar-refractivity contribution in [2.45, 2.75) is 25.0 Å². The van der Waals surface area contributed by atoms with Gasteiger partial charge in [0.2, 0.25) is 0 Å². The second-order valence-electron chi connectivity index (χ2n) is 6.76. The first-order chi connectivity index (χ1) is 13.9. The molecule has 6 nitrogen and oxygen atoms in total. The number of benzene rings is 2. The van der Waals surface area contributed by atoms with Gasteiger partial charge in [0, 0.05) is 5.56 Å². The lowest BCUT2D eigenvalue weighted by Gasteiger charge is -2.37. The number of nitrogens with zero attached hydrogens (tertiary/aromatic N) is 1. The molecule has 0 aromatic heterocycles. The Morgan fingerprint density at radius 3 is 2.52 bits per heavy atom. The lowest BCUT2D eigenvalue weighted by atomic mass is 10.0. The Hall–Kier alpha value is -2.84. The molecule has 1 saturated heterocycles. The summed E-state index contributed by atoms with van der Waals surface area (Å²) in [5.41, 5.74) is 1.60. The third kappa shape index (κ3) is 5.58. The van der Waals surface area contributed by atoms with E-state index in [4.69, 9.17) is 17.0 Å². The van der Waals surface area contributed by atoms with Gasteiger partial charge in [0.15, 0.2) is 6.10 Å². The van der Waals surface area contributed by atoms with Crippen molar-refractivity contribution in [3.8, 4) is 0 Å². The smallest absolute Gasteiger partial charge is 0.407 e. The molecule has 0 radical (unpaired) electrons. The van der Waals surface area contributed by atoms with Crippen molar-refractivity contribution in [2.75, 3.05) is 13.2 Å².